The zero-order valence-corrected chi connectivity index (χ0v) is 15.2. The summed E-state index contributed by atoms with van der Waals surface area (Å²) in [6.45, 7) is 6.35. The Morgan fingerprint density at radius 3 is 2.00 bits per heavy atom. The van der Waals surface area contributed by atoms with Gasteiger partial charge in [-0.15, -0.1) is 0 Å². The van der Waals surface area contributed by atoms with E-state index in [0.29, 0.717) is 13.2 Å². The second-order valence-corrected chi connectivity index (χ2v) is 5.81. The standard InChI is InChI=1S/C22H27NO2/c1-3-23(18-22(24)25-4-2)17-11-16-21(19-12-7-5-8-13-19)20-14-9-6-10-15-20/h5-10,12-16H,3-4,11,17-18H2,1-2H3. The summed E-state index contributed by atoms with van der Waals surface area (Å²) in [6.07, 6.45) is 3.14. The van der Waals surface area contributed by atoms with E-state index < -0.39 is 0 Å². The lowest BCUT2D eigenvalue weighted by Crippen LogP contribution is -2.31. The number of ether oxygens (including phenoxy) is 1. The lowest BCUT2D eigenvalue weighted by molar-refractivity contribution is -0.144. The maximum absolute atomic E-state index is 11.7. The van der Waals surface area contributed by atoms with E-state index in [0.717, 1.165) is 19.5 Å². The van der Waals surface area contributed by atoms with Crippen molar-refractivity contribution in [2.75, 3.05) is 26.2 Å². The minimum Gasteiger partial charge on any atom is -0.465 e. The lowest BCUT2D eigenvalue weighted by Gasteiger charge is -2.18. The van der Waals surface area contributed by atoms with E-state index in [1.807, 2.05) is 19.1 Å². The smallest absolute Gasteiger partial charge is 0.320 e. The largest absolute Gasteiger partial charge is 0.465 e. The number of esters is 1. The molecule has 0 aliphatic rings. The second-order valence-electron chi connectivity index (χ2n) is 5.81. The zero-order valence-electron chi connectivity index (χ0n) is 15.2. The average Bonchev–Trinajstić information content (AvgIpc) is 2.66. The van der Waals surface area contributed by atoms with Crippen LogP contribution in [0.2, 0.25) is 0 Å². The van der Waals surface area contributed by atoms with E-state index in [9.17, 15) is 4.79 Å². The van der Waals surface area contributed by atoms with Crippen LogP contribution in [0.1, 0.15) is 31.4 Å². The molecule has 0 amide bonds. The molecule has 0 saturated heterocycles. The van der Waals surface area contributed by atoms with E-state index in [1.54, 1.807) is 0 Å². The molecule has 2 aromatic carbocycles. The summed E-state index contributed by atoms with van der Waals surface area (Å²) in [6, 6.07) is 20.8. The summed E-state index contributed by atoms with van der Waals surface area (Å²) in [5.74, 6) is -0.153. The number of rotatable bonds is 9. The molecule has 0 aliphatic carbocycles. The molecule has 0 N–H and O–H groups in total. The van der Waals surface area contributed by atoms with E-state index in [2.05, 4.69) is 66.4 Å². The van der Waals surface area contributed by atoms with Crippen molar-refractivity contribution < 1.29 is 9.53 Å². The molecule has 3 nitrogen and oxygen atoms in total. The molecule has 0 aromatic heterocycles. The summed E-state index contributed by atoms with van der Waals surface area (Å²) < 4.78 is 5.04. The summed E-state index contributed by atoms with van der Waals surface area (Å²) in [5, 5.41) is 0. The van der Waals surface area contributed by atoms with Gasteiger partial charge in [-0.2, -0.15) is 0 Å². The van der Waals surface area contributed by atoms with Gasteiger partial charge >= 0.3 is 5.97 Å². The Morgan fingerprint density at radius 2 is 1.52 bits per heavy atom. The predicted molar refractivity (Wildman–Crippen MR) is 103 cm³/mol. The van der Waals surface area contributed by atoms with Gasteiger partial charge in [0.2, 0.25) is 0 Å². The molecule has 132 valence electrons. The Bertz CT molecular complexity index is 623. The molecule has 25 heavy (non-hydrogen) atoms. The van der Waals surface area contributed by atoms with Crippen LogP contribution >= 0.6 is 0 Å². The number of hydrogen-bond acceptors (Lipinski definition) is 3. The van der Waals surface area contributed by atoms with Crippen LogP contribution < -0.4 is 0 Å². The molecule has 3 heteroatoms. The molecule has 2 rings (SSSR count). The summed E-state index contributed by atoms with van der Waals surface area (Å²) in [4.78, 5) is 13.8. The van der Waals surface area contributed by atoms with Gasteiger partial charge < -0.3 is 4.74 Å². The highest BCUT2D eigenvalue weighted by atomic mass is 16.5. The third-order valence-corrected chi connectivity index (χ3v) is 4.07. The molecule has 0 bridgehead atoms. The third-order valence-electron chi connectivity index (χ3n) is 4.07. The Balaban J connectivity index is 2.09. The van der Waals surface area contributed by atoms with Crippen molar-refractivity contribution in [2.24, 2.45) is 0 Å². The Kier molecular flexibility index (Phi) is 7.93. The normalized spacial score (nSPS) is 10.5. The first-order chi connectivity index (χ1) is 12.2. The van der Waals surface area contributed by atoms with Crippen LogP contribution in [0, 0.1) is 0 Å². The molecule has 0 aliphatic heterocycles. The number of hydrogen-bond donors (Lipinski definition) is 0. The van der Waals surface area contributed by atoms with Crippen LogP contribution in [-0.2, 0) is 9.53 Å². The van der Waals surface area contributed by atoms with Gasteiger partial charge in [-0.05, 0) is 36.6 Å². The Labute approximate surface area is 150 Å². The van der Waals surface area contributed by atoms with Crippen molar-refractivity contribution in [2.45, 2.75) is 20.3 Å². The number of benzene rings is 2. The molecule has 2 aromatic rings. The van der Waals surface area contributed by atoms with E-state index >= 15 is 0 Å². The second kappa shape index (κ2) is 10.5. The van der Waals surface area contributed by atoms with Gasteiger partial charge in [-0.1, -0.05) is 73.7 Å². The quantitative estimate of drug-likeness (QED) is 0.636. The van der Waals surface area contributed by atoms with Crippen molar-refractivity contribution in [1.29, 1.82) is 0 Å². The van der Waals surface area contributed by atoms with Crippen molar-refractivity contribution in [3.63, 3.8) is 0 Å². The first-order valence-electron chi connectivity index (χ1n) is 8.93. The molecule has 0 radical (unpaired) electrons. The topological polar surface area (TPSA) is 29.5 Å². The molecule has 0 fully saturated rings. The van der Waals surface area contributed by atoms with E-state index in [1.165, 1.54) is 16.7 Å². The van der Waals surface area contributed by atoms with Crippen molar-refractivity contribution >= 4 is 11.5 Å². The first kappa shape index (κ1) is 18.9. The van der Waals surface area contributed by atoms with Gasteiger partial charge in [-0.3, -0.25) is 9.69 Å². The molecule has 0 saturated carbocycles. The fourth-order valence-electron chi connectivity index (χ4n) is 2.77. The van der Waals surface area contributed by atoms with Crippen LogP contribution in [0.5, 0.6) is 0 Å². The lowest BCUT2D eigenvalue weighted by atomic mass is 9.97. The van der Waals surface area contributed by atoms with Crippen molar-refractivity contribution in [3.8, 4) is 0 Å². The monoisotopic (exact) mass is 337 g/mol. The van der Waals surface area contributed by atoms with Crippen molar-refractivity contribution in [1.82, 2.24) is 4.90 Å². The fraction of sp³-hybridized carbons (Fsp3) is 0.318. The van der Waals surface area contributed by atoms with Gasteiger partial charge in [-0.25, -0.2) is 0 Å². The van der Waals surface area contributed by atoms with Gasteiger partial charge in [0.25, 0.3) is 0 Å². The summed E-state index contributed by atoms with van der Waals surface area (Å²) >= 11 is 0. The highest BCUT2D eigenvalue weighted by Crippen LogP contribution is 2.23. The minimum atomic E-state index is -0.153. The maximum Gasteiger partial charge on any atom is 0.320 e. The SMILES string of the molecule is CCOC(=O)CN(CC)CCC=C(c1ccccc1)c1ccccc1. The Hall–Kier alpha value is -2.39. The van der Waals surface area contributed by atoms with E-state index in [-0.39, 0.29) is 5.97 Å². The average molecular weight is 337 g/mol. The Morgan fingerprint density at radius 1 is 0.960 bits per heavy atom. The van der Waals surface area contributed by atoms with Gasteiger partial charge in [0.15, 0.2) is 0 Å². The molecule has 0 atom stereocenters. The van der Waals surface area contributed by atoms with Crippen LogP contribution in [0.3, 0.4) is 0 Å². The highest BCUT2D eigenvalue weighted by Gasteiger charge is 2.09. The van der Waals surface area contributed by atoms with Crippen LogP contribution in [0.4, 0.5) is 0 Å². The fourth-order valence-corrected chi connectivity index (χ4v) is 2.77. The van der Waals surface area contributed by atoms with Gasteiger partial charge in [0.05, 0.1) is 13.2 Å². The number of likely N-dealkylation sites (N-methyl/N-ethyl adjacent to an activating group) is 1. The zero-order chi connectivity index (χ0) is 17.9. The number of carbonyl (C=O) groups is 1. The maximum atomic E-state index is 11.7. The highest BCUT2D eigenvalue weighted by molar-refractivity contribution is 5.79. The number of nitrogens with zero attached hydrogens (tertiary/aromatic N) is 1. The van der Waals surface area contributed by atoms with E-state index in [4.69, 9.17) is 4.74 Å². The van der Waals surface area contributed by atoms with Crippen LogP contribution in [0.25, 0.3) is 5.57 Å². The van der Waals surface area contributed by atoms with Gasteiger partial charge in [0.1, 0.15) is 0 Å². The molecule has 0 heterocycles. The minimum absolute atomic E-state index is 0.153. The number of carbonyl (C=O) groups excluding carboxylic acids is 1. The molecular weight excluding hydrogens is 310 g/mol. The molecular formula is C22H27NO2. The first-order valence-corrected chi connectivity index (χ1v) is 8.93. The molecule has 0 unspecified atom stereocenters. The van der Waals surface area contributed by atoms with Crippen LogP contribution in [0.15, 0.2) is 66.7 Å². The molecule has 0 spiro atoms. The van der Waals surface area contributed by atoms with Gasteiger partial charge in [0, 0.05) is 6.54 Å². The summed E-state index contributed by atoms with van der Waals surface area (Å²) in [7, 11) is 0. The third kappa shape index (κ3) is 6.20. The van der Waals surface area contributed by atoms with Crippen LogP contribution in [-0.4, -0.2) is 37.1 Å². The summed E-state index contributed by atoms with van der Waals surface area (Å²) in [5.41, 5.74) is 3.65. The predicted octanol–water partition coefficient (Wildman–Crippen LogP) is 4.39. The van der Waals surface area contributed by atoms with Crippen molar-refractivity contribution in [3.05, 3.63) is 77.9 Å².